The van der Waals surface area contributed by atoms with E-state index in [4.69, 9.17) is 9.47 Å². The molecule has 2 rings (SSSR count). The van der Waals surface area contributed by atoms with E-state index in [1.54, 1.807) is 13.2 Å². The molecule has 5 heteroatoms. The van der Waals surface area contributed by atoms with E-state index < -0.39 is 0 Å². The Morgan fingerprint density at radius 2 is 2.05 bits per heavy atom. The van der Waals surface area contributed by atoms with Crippen molar-refractivity contribution in [1.29, 1.82) is 0 Å². The first-order valence-corrected chi connectivity index (χ1v) is 6.91. The maximum Gasteiger partial charge on any atom is 0.359 e. The van der Waals surface area contributed by atoms with E-state index in [2.05, 4.69) is 10.2 Å². The van der Waals surface area contributed by atoms with Gasteiger partial charge >= 0.3 is 5.97 Å². The van der Waals surface area contributed by atoms with Crippen molar-refractivity contribution in [2.45, 2.75) is 57.7 Å². The number of H-pyrrole nitrogens is 1. The summed E-state index contributed by atoms with van der Waals surface area (Å²) in [5.41, 5.74) is 1.29. The third kappa shape index (κ3) is 3.35. The summed E-state index contributed by atoms with van der Waals surface area (Å²) in [6.45, 7) is 4.09. The lowest BCUT2D eigenvalue weighted by atomic mass is 9.94. The van der Waals surface area contributed by atoms with Crippen molar-refractivity contribution in [3.05, 3.63) is 17.5 Å². The molecule has 1 aliphatic carbocycles. The first kappa shape index (κ1) is 14.1. The Hall–Kier alpha value is -1.36. The molecule has 19 heavy (non-hydrogen) atoms. The Balaban J connectivity index is 1.99. The van der Waals surface area contributed by atoms with Gasteiger partial charge in [-0.1, -0.05) is 20.3 Å². The minimum Gasteiger partial charge on any atom is -0.455 e. The molecule has 0 saturated heterocycles. The highest BCUT2D eigenvalue weighted by Gasteiger charge is 2.29. The molecule has 0 unspecified atom stereocenters. The lowest BCUT2D eigenvalue weighted by Crippen LogP contribution is -2.35. The van der Waals surface area contributed by atoms with Crippen LogP contribution in [0, 0.1) is 0 Å². The van der Waals surface area contributed by atoms with Gasteiger partial charge in [0.25, 0.3) is 0 Å². The SMILES string of the molecule is CO[C@H]1CCCC[C@H]1OC(=O)c1cc(C(C)C)[nH]n1. The van der Waals surface area contributed by atoms with Gasteiger partial charge in [-0.3, -0.25) is 5.10 Å². The summed E-state index contributed by atoms with van der Waals surface area (Å²) >= 11 is 0. The minimum absolute atomic E-state index is 0.0150. The highest BCUT2D eigenvalue weighted by Crippen LogP contribution is 2.24. The van der Waals surface area contributed by atoms with Crippen LogP contribution in [0.5, 0.6) is 0 Å². The van der Waals surface area contributed by atoms with Gasteiger partial charge in [-0.15, -0.1) is 0 Å². The van der Waals surface area contributed by atoms with Crippen molar-refractivity contribution in [1.82, 2.24) is 10.2 Å². The molecule has 0 bridgehead atoms. The molecule has 0 aliphatic heterocycles. The molecule has 1 aromatic rings. The summed E-state index contributed by atoms with van der Waals surface area (Å²) in [6.07, 6.45) is 3.90. The van der Waals surface area contributed by atoms with E-state index in [1.807, 2.05) is 13.8 Å². The number of esters is 1. The van der Waals surface area contributed by atoms with E-state index in [9.17, 15) is 4.79 Å². The monoisotopic (exact) mass is 266 g/mol. The predicted octanol–water partition coefficient (Wildman–Crippen LogP) is 2.65. The lowest BCUT2D eigenvalue weighted by molar-refractivity contribution is -0.0542. The van der Waals surface area contributed by atoms with Gasteiger partial charge in [0, 0.05) is 12.8 Å². The number of hydrogen-bond donors (Lipinski definition) is 1. The van der Waals surface area contributed by atoms with Gasteiger partial charge in [0.1, 0.15) is 6.10 Å². The van der Waals surface area contributed by atoms with E-state index in [0.717, 1.165) is 31.4 Å². The predicted molar refractivity (Wildman–Crippen MR) is 71.1 cm³/mol. The molecule has 0 spiro atoms. The zero-order valence-corrected chi connectivity index (χ0v) is 11.8. The zero-order chi connectivity index (χ0) is 13.8. The summed E-state index contributed by atoms with van der Waals surface area (Å²) in [6, 6.07) is 1.76. The maximum atomic E-state index is 12.1. The molecular weight excluding hydrogens is 244 g/mol. The Labute approximate surface area is 113 Å². The Morgan fingerprint density at radius 3 is 2.63 bits per heavy atom. The zero-order valence-electron chi connectivity index (χ0n) is 11.8. The average molecular weight is 266 g/mol. The molecule has 0 amide bonds. The van der Waals surface area contributed by atoms with Crippen molar-refractivity contribution >= 4 is 5.97 Å². The fourth-order valence-electron chi connectivity index (χ4n) is 2.40. The average Bonchev–Trinajstić information content (AvgIpc) is 2.89. The molecule has 0 radical (unpaired) electrons. The van der Waals surface area contributed by atoms with E-state index in [1.165, 1.54) is 0 Å². The second-order valence-electron chi connectivity index (χ2n) is 5.37. The van der Waals surface area contributed by atoms with Crippen LogP contribution in [0.25, 0.3) is 0 Å². The fourth-order valence-corrected chi connectivity index (χ4v) is 2.40. The molecule has 1 N–H and O–H groups in total. The smallest absolute Gasteiger partial charge is 0.359 e. The summed E-state index contributed by atoms with van der Waals surface area (Å²) in [7, 11) is 1.67. The number of nitrogens with one attached hydrogen (secondary N) is 1. The summed E-state index contributed by atoms with van der Waals surface area (Å²) in [4.78, 5) is 12.1. The van der Waals surface area contributed by atoms with Gasteiger partial charge in [-0.2, -0.15) is 5.10 Å². The number of nitrogens with zero attached hydrogens (tertiary/aromatic N) is 1. The molecule has 106 valence electrons. The van der Waals surface area contributed by atoms with Crippen molar-refractivity contribution < 1.29 is 14.3 Å². The van der Waals surface area contributed by atoms with Crippen LogP contribution in [0.2, 0.25) is 0 Å². The van der Waals surface area contributed by atoms with Gasteiger partial charge in [0.2, 0.25) is 0 Å². The van der Waals surface area contributed by atoms with Gasteiger partial charge in [0.05, 0.1) is 6.10 Å². The number of carbonyl (C=O) groups excluding carboxylic acids is 1. The van der Waals surface area contributed by atoms with Crippen LogP contribution in [0.1, 0.15) is 61.6 Å². The summed E-state index contributed by atoms with van der Waals surface area (Å²) in [5, 5.41) is 6.88. The largest absolute Gasteiger partial charge is 0.455 e. The fraction of sp³-hybridized carbons (Fsp3) is 0.714. The van der Waals surface area contributed by atoms with Crippen LogP contribution in [-0.2, 0) is 9.47 Å². The number of ether oxygens (including phenoxy) is 2. The van der Waals surface area contributed by atoms with Crippen LogP contribution in [0.4, 0.5) is 0 Å². The third-order valence-electron chi connectivity index (χ3n) is 3.63. The number of aromatic amines is 1. The van der Waals surface area contributed by atoms with Crippen LogP contribution in [0.3, 0.4) is 0 Å². The van der Waals surface area contributed by atoms with E-state index in [-0.39, 0.29) is 18.2 Å². The first-order valence-electron chi connectivity index (χ1n) is 6.91. The number of methoxy groups -OCH3 is 1. The topological polar surface area (TPSA) is 64.2 Å². The highest BCUT2D eigenvalue weighted by molar-refractivity contribution is 5.87. The highest BCUT2D eigenvalue weighted by atomic mass is 16.6. The molecular formula is C14H22N2O3. The Morgan fingerprint density at radius 1 is 1.37 bits per heavy atom. The van der Waals surface area contributed by atoms with Crippen molar-refractivity contribution in [3.8, 4) is 0 Å². The first-order chi connectivity index (χ1) is 9.11. The third-order valence-corrected chi connectivity index (χ3v) is 3.63. The van der Waals surface area contributed by atoms with Crippen LogP contribution < -0.4 is 0 Å². The molecule has 1 fully saturated rings. The van der Waals surface area contributed by atoms with Crippen molar-refractivity contribution in [3.63, 3.8) is 0 Å². The number of hydrogen-bond acceptors (Lipinski definition) is 4. The number of aromatic nitrogens is 2. The van der Waals surface area contributed by atoms with Crippen molar-refractivity contribution in [2.24, 2.45) is 0 Å². The molecule has 1 aliphatic rings. The van der Waals surface area contributed by atoms with Crippen LogP contribution in [0.15, 0.2) is 6.07 Å². The molecule has 1 heterocycles. The van der Waals surface area contributed by atoms with Gasteiger partial charge in [-0.25, -0.2) is 4.79 Å². The number of rotatable bonds is 4. The standard InChI is InChI=1S/C14H22N2O3/c1-9(2)10-8-11(16-15-10)14(17)19-13-7-5-4-6-12(13)18-3/h8-9,12-13H,4-7H2,1-3H3,(H,15,16)/t12-,13+/m0/s1. The molecule has 1 saturated carbocycles. The minimum atomic E-state index is -0.364. The van der Waals surface area contributed by atoms with E-state index >= 15 is 0 Å². The maximum absolute atomic E-state index is 12.1. The second kappa shape index (κ2) is 6.19. The van der Waals surface area contributed by atoms with Crippen molar-refractivity contribution in [2.75, 3.05) is 7.11 Å². The van der Waals surface area contributed by atoms with Gasteiger partial charge < -0.3 is 9.47 Å². The number of carbonyl (C=O) groups is 1. The second-order valence-corrected chi connectivity index (χ2v) is 5.37. The van der Waals surface area contributed by atoms with Gasteiger partial charge in [-0.05, 0) is 31.2 Å². The Kier molecular flexibility index (Phi) is 4.58. The molecule has 5 nitrogen and oxygen atoms in total. The molecule has 2 atom stereocenters. The van der Waals surface area contributed by atoms with Crippen LogP contribution >= 0.6 is 0 Å². The summed E-state index contributed by atoms with van der Waals surface area (Å²) < 4.78 is 10.9. The summed E-state index contributed by atoms with van der Waals surface area (Å²) in [5.74, 6) is -0.0486. The Bertz CT molecular complexity index is 428. The quantitative estimate of drug-likeness (QED) is 0.851. The molecule has 1 aromatic heterocycles. The molecule has 0 aromatic carbocycles. The van der Waals surface area contributed by atoms with Crippen LogP contribution in [-0.4, -0.2) is 35.5 Å². The van der Waals surface area contributed by atoms with E-state index in [0.29, 0.717) is 11.6 Å². The normalized spacial score (nSPS) is 23.6. The van der Waals surface area contributed by atoms with Gasteiger partial charge in [0.15, 0.2) is 5.69 Å². The lowest BCUT2D eigenvalue weighted by Gasteiger charge is -2.29.